The van der Waals surface area contributed by atoms with E-state index in [4.69, 9.17) is 5.10 Å². The Kier molecular flexibility index (Phi) is 3.66. The average molecular weight is 388 g/mol. The summed E-state index contributed by atoms with van der Waals surface area (Å²) < 4.78 is 0. The first-order valence-electron chi connectivity index (χ1n) is 11.3. The van der Waals surface area contributed by atoms with Gasteiger partial charge in [0.15, 0.2) is 11.6 Å². The van der Waals surface area contributed by atoms with Crippen molar-refractivity contribution in [1.29, 1.82) is 0 Å². The van der Waals surface area contributed by atoms with Crippen molar-refractivity contribution >= 4 is 11.6 Å². The highest BCUT2D eigenvalue weighted by molar-refractivity contribution is 6.03. The number of aromatic nitrogens is 2. The number of allylic oxidation sites excluding steroid dienone is 2. The van der Waals surface area contributed by atoms with Crippen LogP contribution in [-0.4, -0.2) is 16.0 Å². The lowest BCUT2D eigenvalue weighted by molar-refractivity contribution is -0.119. The van der Waals surface area contributed by atoms with Crippen molar-refractivity contribution in [2.24, 2.45) is 5.41 Å². The summed E-state index contributed by atoms with van der Waals surface area (Å²) in [6.07, 6.45) is 10.3. The van der Waals surface area contributed by atoms with Gasteiger partial charge in [0.1, 0.15) is 0 Å². The first kappa shape index (κ1) is 17.5. The minimum Gasteiger partial charge on any atom is -0.342 e. The summed E-state index contributed by atoms with van der Waals surface area (Å²) in [5.74, 6) is 1.85. The third-order valence-corrected chi connectivity index (χ3v) is 7.98. The van der Waals surface area contributed by atoms with E-state index in [1.54, 1.807) is 0 Å². The molecule has 1 aliphatic heterocycles. The molecule has 1 aromatic heterocycles. The van der Waals surface area contributed by atoms with E-state index in [0.717, 1.165) is 23.5 Å². The number of aromatic amines is 1. The van der Waals surface area contributed by atoms with Crippen molar-refractivity contribution in [2.75, 3.05) is 5.32 Å². The van der Waals surface area contributed by atoms with Crippen LogP contribution in [0, 0.1) is 5.41 Å². The molecule has 150 valence electrons. The number of hydrogen-bond donors (Lipinski definition) is 2. The van der Waals surface area contributed by atoms with Crippen molar-refractivity contribution in [1.82, 2.24) is 10.2 Å². The topological polar surface area (TPSA) is 57.8 Å². The predicted molar refractivity (Wildman–Crippen MR) is 114 cm³/mol. The van der Waals surface area contributed by atoms with Gasteiger partial charge in [0.25, 0.3) is 0 Å². The number of ketones is 1. The van der Waals surface area contributed by atoms with E-state index >= 15 is 0 Å². The van der Waals surface area contributed by atoms with Crippen LogP contribution >= 0.6 is 0 Å². The zero-order valence-corrected chi connectivity index (χ0v) is 17.2. The molecule has 4 nitrogen and oxygen atoms in total. The van der Waals surface area contributed by atoms with E-state index < -0.39 is 5.41 Å². The van der Waals surface area contributed by atoms with Gasteiger partial charge in [0.2, 0.25) is 0 Å². The van der Waals surface area contributed by atoms with Crippen LogP contribution in [0.25, 0.3) is 0 Å². The van der Waals surface area contributed by atoms with Gasteiger partial charge < -0.3 is 5.32 Å². The lowest BCUT2D eigenvalue weighted by Crippen LogP contribution is -2.44. The van der Waals surface area contributed by atoms with E-state index in [-0.39, 0.29) is 5.41 Å². The number of carbonyl (C=O) groups excluding carboxylic acids is 1. The number of carbonyl (C=O) groups is 1. The summed E-state index contributed by atoms with van der Waals surface area (Å²) in [4.78, 5) is 13.8. The Bertz CT molecular complexity index is 1010. The zero-order valence-electron chi connectivity index (χ0n) is 17.2. The van der Waals surface area contributed by atoms with Crippen LogP contribution in [0.15, 0.2) is 41.6 Å². The summed E-state index contributed by atoms with van der Waals surface area (Å²) in [6, 6.07) is 10.6. The molecule has 2 aromatic rings. The number of benzene rings is 1. The van der Waals surface area contributed by atoms with Gasteiger partial charge in [-0.05, 0) is 50.0 Å². The molecule has 3 aliphatic carbocycles. The highest BCUT2D eigenvalue weighted by Crippen LogP contribution is 2.57. The molecule has 2 saturated carbocycles. The lowest BCUT2D eigenvalue weighted by atomic mass is 9.58. The van der Waals surface area contributed by atoms with Gasteiger partial charge in [0, 0.05) is 34.9 Å². The SMILES string of the molecule is CC1(c2ccccc2)C2=C(CC3(CCCCC3)CC2=O)Nc2n[nH]c(C3CC3)c21. The zero-order chi connectivity index (χ0) is 19.6. The second-order valence-corrected chi connectivity index (χ2v) is 9.94. The number of H-pyrrole nitrogens is 1. The standard InChI is InChI=1S/C25H29N3O/c1-24(17-8-4-2-5-9-17)20-18(14-25(15-19(20)29)12-6-3-7-13-25)26-23-21(24)22(27-28-23)16-10-11-16/h2,4-5,8-9,16H,3,6-7,10-15H2,1H3,(H2,26,27,28). The molecule has 1 spiro atoms. The minimum absolute atomic E-state index is 0.159. The molecule has 0 saturated heterocycles. The average Bonchev–Trinajstić information content (AvgIpc) is 3.48. The molecule has 4 aliphatic rings. The van der Waals surface area contributed by atoms with Crippen molar-refractivity contribution in [3.63, 3.8) is 0 Å². The van der Waals surface area contributed by atoms with E-state index in [9.17, 15) is 4.79 Å². The molecule has 1 atom stereocenters. The fourth-order valence-corrected chi connectivity index (χ4v) is 6.41. The Balaban J connectivity index is 1.55. The number of rotatable bonds is 2. The molecule has 1 unspecified atom stereocenters. The molecule has 2 heterocycles. The molecule has 0 radical (unpaired) electrons. The van der Waals surface area contributed by atoms with Crippen LogP contribution < -0.4 is 5.32 Å². The van der Waals surface area contributed by atoms with Crippen LogP contribution in [0.5, 0.6) is 0 Å². The number of anilines is 1. The molecule has 0 bridgehead atoms. The predicted octanol–water partition coefficient (Wildman–Crippen LogP) is 5.59. The van der Waals surface area contributed by atoms with Crippen molar-refractivity contribution < 1.29 is 4.79 Å². The van der Waals surface area contributed by atoms with Gasteiger partial charge in [-0.1, -0.05) is 49.6 Å². The normalized spacial score (nSPS) is 28.1. The quantitative estimate of drug-likeness (QED) is 0.706. The van der Waals surface area contributed by atoms with Crippen LogP contribution in [0.1, 0.15) is 87.4 Å². The summed E-state index contributed by atoms with van der Waals surface area (Å²) in [6.45, 7) is 2.26. The Hall–Kier alpha value is -2.36. The van der Waals surface area contributed by atoms with Crippen LogP contribution in [0.2, 0.25) is 0 Å². The first-order valence-corrected chi connectivity index (χ1v) is 11.3. The van der Waals surface area contributed by atoms with Gasteiger partial charge in [0.05, 0.1) is 5.41 Å². The maximum absolute atomic E-state index is 13.8. The Morgan fingerprint density at radius 2 is 1.79 bits per heavy atom. The maximum Gasteiger partial charge on any atom is 0.162 e. The van der Waals surface area contributed by atoms with Gasteiger partial charge in [-0.15, -0.1) is 0 Å². The monoisotopic (exact) mass is 387 g/mol. The third-order valence-electron chi connectivity index (χ3n) is 7.98. The molecule has 29 heavy (non-hydrogen) atoms. The Morgan fingerprint density at radius 3 is 2.52 bits per heavy atom. The number of nitrogens with one attached hydrogen (secondary N) is 2. The lowest BCUT2D eigenvalue weighted by Gasteiger charge is -2.47. The van der Waals surface area contributed by atoms with Crippen LogP contribution in [0.4, 0.5) is 5.82 Å². The molecular formula is C25H29N3O. The molecule has 1 aromatic carbocycles. The number of Topliss-reactive ketones (excluding diaryl/α,β-unsaturated/α-hetero) is 1. The fraction of sp³-hybridized carbons (Fsp3) is 0.520. The van der Waals surface area contributed by atoms with E-state index in [0.29, 0.717) is 18.1 Å². The molecule has 6 rings (SSSR count). The van der Waals surface area contributed by atoms with Gasteiger partial charge in [-0.2, -0.15) is 5.10 Å². The molecule has 4 heteroatoms. The van der Waals surface area contributed by atoms with Gasteiger partial charge in [-0.25, -0.2) is 0 Å². The van der Waals surface area contributed by atoms with Crippen molar-refractivity contribution in [2.45, 2.75) is 76.0 Å². The molecule has 2 N–H and O–H groups in total. The summed E-state index contributed by atoms with van der Waals surface area (Å²) >= 11 is 0. The second-order valence-electron chi connectivity index (χ2n) is 9.94. The van der Waals surface area contributed by atoms with Crippen molar-refractivity contribution in [3.05, 3.63) is 58.4 Å². The highest BCUT2D eigenvalue weighted by Gasteiger charge is 2.52. The Morgan fingerprint density at radius 1 is 1.03 bits per heavy atom. The summed E-state index contributed by atoms with van der Waals surface area (Å²) in [5.41, 5.74) is 5.49. The van der Waals surface area contributed by atoms with E-state index in [2.05, 4.69) is 47.7 Å². The highest BCUT2D eigenvalue weighted by atomic mass is 16.1. The van der Waals surface area contributed by atoms with Crippen molar-refractivity contribution in [3.8, 4) is 0 Å². The number of hydrogen-bond acceptors (Lipinski definition) is 3. The summed E-state index contributed by atoms with van der Waals surface area (Å²) in [7, 11) is 0. The van der Waals surface area contributed by atoms with Gasteiger partial charge >= 0.3 is 0 Å². The number of nitrogens with zero attached hydrogens (tertiary/aromatic N) is 1. The number of fused-ring (bicyclic) bond motifs is 1. The molecule has 0 amide bonds. The Labute approximate surface area is 172 Å². The maximum atomic E-state index is 13.8. The summed E-state index contributed by atoms with van der Waals surface area (Å²) in [5, 5.41) is 11.7. The van der Waals surface area contributed by atoms with E-state index in [1.807, 2.05) is 0 Å². The smallest absolute Gasteiger partial charge is 0.162 e. The fourth-order valence-electron chi connectivity index (χ4n) is 6.41. The largest absolute Gasteiger partial charge is 0.342 e. The third kappa shape index (κ3) is 2.50. The van der Waals surface area contributed by atoms with E-state index in [1.165, 1.54) is 61.8 Å². The minimum atomic E-state index is -0.435. The van der Waals surface area contributed by atoms with Crippen LogP contribution in [0.3, 0.4) is 0 Å². The first-order chi connectivity index (χ1) is 14.1. The molecular weight excluding hydrogens is 358 g/mol. The second kappa shape index (κ2) is 6.07. The molecule has 2 fully saturated rings. The van der Waals surface area contributed by atoms with Crippen LogP contribution in [-0.2, 0) is 10.2 Å². The van der Waals surface area contributed by atoms with Gasteiger partial charge in [-0.3, -0.25) is 9.89 Å².